The number of benzene rings is 1. The lowest BCUT2D eigenvalue weighted by Gasteiger charge is -2.16. The van der Waals surface area contributed by atoms with Crippen molar-refractivity contribution >= 4 is 11.7 Å². The maximum absolute atomic E-state index is 11.5. The highest BCUT2D eigenvalue weighted by molar-refractivity contribution is 5.71. The molecule has 1 aromatic carbocycles. The quantitative estimate of drug-likeness (QED) is 0.457. The molecule has 0 radical (unpaired) electrons. The van der Waals surface area contributed by atoms with E-state index in [2.05, 4.69) is 6.92 Å². The first-order valence-electron chi connectivity index (χ1n) is 6.30. The van der Waals surface area contributed by atoms with Gasteiger partial charge in [-0.25, -0.2) is 0 Å². The van der Waals surface area contributed by atoms with Crippen LogP contribution in [0.2, 0.25) is 0 Å². The van der Waals surface area contributed by atoms with Gasteiger partial charge in [0.15, 0.2) is 0 Å². The lowest BCUT2D eigenvalue weighted by molar-refractivity contribution is -0.144. The van der Waals surface area contributed by atoms with Crippen molar-refractivity contribution in [1.82, 2.24) is 4.90 Å². The number of carbonyl (C=O) groups is 1. The number of carbonyl (C=O) groups excluding carboxylic acids is 1. The molecule has 100 valence electrons. The van der Waals surface area contributed by atoms with Gasteiger partial charge in [0, 0.05) is 12.2 Å². The van der Waals surface area contributed by atoms with Gasteiger partial charge in [-0.2, -0.15) is 0 Å². The normalized spacial score (nSPS) is 10.6. The first kappa shape index (κ1) is 14.5. The Kier molecular flexibility index (Phi) is 6.22. The third-order valence-electron chi connectivity index (χ3n) is 2.56. The molecule has 0 aliphatic rings. The van der Waals surface area contributed by atoms with Crippen LogP contribution in [0.25, 0.3) is 0 Å². The molecule has 0 spiro atoms. The van der Waals surface area contributed by atoms with Gasteiger partial charge in [-0.15, -0.1) is 0 Å². The minimum atomic E-state index is -0.171. The fourth-order valence-electron chi connectivity index (χ4n) is 1.66. The Hall–Kier alpha value is -1.55. The predicted molar refractivity (Wildman–Crippen MR) is 73.1 cm³/mol. The van der Waals surface area contributed by atoms with E-state index in [4.69, 9.17) is 10.5 Å². The summed E-state index contributed by atoms with van der Waals surface area (Å²) in [4.78, 5) is 13.4. The molecule has 1 aromatic rings. The van der Waals surface area contributed by atoms with Crippen molar-refractivity contribution in [1.29, 1.82) is 0 Å². The van der Waals surface area contributed by atoms with E-state index in [1.54, 1.807) is 0 Å². The number of hydrogen-bond acceptors (Lipinski definition) is 4. The van der Waals surface area contributed by atoms with E-state index < -0.39 is 0 Å². The van der Waals surface area contributed by atoms with Crippen molar-refractivity contribution in [2.24, 2.45) is 0 Å². The number of rotatable bonds is 7. The number of nitrogens with two attached hydrogens (primary N) is 1. The first-order chi connectivity index (χ1) is 8.61. The average Bonchev–Trinajstić information content (AvgIpc) is 2.29. The van der Waals surface area contributed by atoms with Crippen LogP contribution in [0.5, 0.6) is 0 Å². The summed E-state index contributed by atoms with van der Waals surface area (Å²) in [6.07, 6.45) is 1.96. The van der Waals surface area contributed by atoms with Crippen LogP contribution in [0.4, 0.5) is 5.69 Å². The Morgan fingerprint density at radius 3 is 2.89 bits per heavy atom. The van der Waals surface area contributed by atoms with E-state index in [-0.39, 0.29) is 5.97 Å². The van der Waals surface area contributed by atoms with Gasteiger partial charge in [0.25, 0.3) is 0 Å². The molecule has 4 heteroatoms. The molecule has 0 aliphatic carbocycles. The lowest BCUT2D eigenvalue weighted by atomic mass is 10.2. The van der Waals surface area contributed by atoms with Gasteiger partial charge in [0.2, 0.25) is 0 Å². The van der Waals surface area contributed by atoms with E-state index in [0.717, 1.165) is 24.1 Å². The van der Waals surface area contributed by atoms with E-state index in [1.165, 1.54) is 0 Å². The van der Waals surface area contributed by atoms with Crippen LogP contribution in [0.1, 0.15) is 25.3 Å². The Labute approximate surface area is 109 Å². The number of esters is 1. The first-order valence-corrected chi connectivity index (χ1v) is 6.30. The van der Waals surface area contributed by atoms with Gasteiger partial charge < -0.3 is 10.5 Å². The smallest absolute Gasteiger partial charge is 0.320 e. The molecule has 0 atom stereocenters. The summed E-state index contributed by atoms with van der Waals surface area (Å²) in [5, 5.41) is 0. The fraction of sp³-hybridized carbons (Fsp3) is 0.500. The molecule has 18 heavy (non-hydrogen) atoms. The van der Waals surface area contributed by atoms with Crippen molar-refractivity contribution in [2.45, 2.75) is 26.3 Å². The minimum absolute atomic E-state index is 0.171. The van der Waals surface area contributed by atoms with Crippen LogP contribution in [-0.4, -0.2) is 31.1 Å². The monoisotopic (exact) mass is 250 g/mol. The van der Waals surface area contributed by atoms with Crippen molar-refractivity contribution in [3.05, 3.63) is 29.8 Å². The number of hydrogen-bond donors (Lipinski definition) is 1. The molecule has 2 N–H and O–H groups in total. The maximum Gasteiger partial charge on any atom is 0.320 e. The molecule has 0 aromatic heterocycles. The zero-order valence-corrected chi connectivity index (χ0v) is 11.2. The van der Waals surface area contributed by atoms with Gasteiger partial charge in [-0.05, 0) is 31.2 Å². The largest absolute Gasteiger partial charge is 0.465 e. The van der Waals surface area contributed by atoms with E-state index >= 15 is 0 Å². The van der Waals surface area contributed by atoms with Crippen LogP contribution < -0.4 is 5.73 Å². The van der Waals surface area contributed by atoms with Gasteiger partial charge in [-0.3, -0.25) is 9.69 Å². The molecule has 0 amide bonds. The standard InChI is InChI=1S/C14H22N2O2/c1-3-4-8-18-14(17)11-16(2)10-12-6-5-7-13(15)9-12/h5-7,9H,3-4,8,10-11,15H2,1-2H3. The Bertz CT molecular complexity index is 380. The molecular weight excluding hydrogens is 228 g/mol. The van der Waals surface area contributed by atoms with Gasteiger partial charge in [0.1, 0.15) is 0 Å². The molecule has 0 fully saturated rings. The summed E-state index contributed by atoms with van der Waals surface area (Å²) >= 11 is 0. The molecule has 0 aliphatic heterocycles. The number of nitrogens with zero attached hydrogens (tertiary/aromatic N) is 1. The molecule has 0 saturated carbocycles. The Morgan fingerprint density at radius 1 is 1.44 bits per heavy atom. The summed E-state index contributed by atoms with van der Waals surface area (Å²) < 4.78 is 5.11. The van der Waals surface area contributed by atoms with E-state index in [0.29, 0.717) is 19.7 Å². The number of unbranched alkanes of at least 4 members (excludes halogenated alkanes) is 1. The molecule has 1 rings (SSSR count). The van der Waals surface area contributed by atoms with Crippen molar-refractivity contribution in [3.63, 3.8) is 0 Å². The van der Waals surface area contributed by atoms with E-state index in [1.807, 2.05) is 36.2 Å². The fourth-order valence-corrected chi connectivity index (χ4v) is 1.66. The van der Waals surface area contributed by atoms with Gasteiger partial charge in [0.05, 0.1) is 13.2 Å². The predicted octanol–water partition coefficient (Wildman–Crippen LogP) is 2.04. The zero-order valence-electron chi connectivity index (χ0n) is 11.2. The second kappa shape index (κ2) is 7.71. The lowest BCUT2D eigenvalue weighted by Crippen LogP contribution is -2.27. The molecule has 0 unspecified atom stereocenters. The third kappa shape index (κ3) is 5.68. The van der Waals surface area contributed by atoms with Crippen LogP contribution in [0, 0.1) is 0 Å². The minimum Gasteiger partial charge on any atom is -0.465 e. The Balaban J connectivity index is 2.32. The zero-order chi connectivity index (χ0) is 13.4. The Morgan fingerprint density at radius 2 is 2.22 bits per heavy atom. The second-order valence-electron chi connectivity index (χ2n) is 4.49. The van der Waals surface area contributed by atoms with Crippen molar-refractivity contribution in [3.8, 4) is 0 Å². The molecular formula is C14H22N2O2. The maximum atomic E-state index is 11.5. The molecule has 0 bridgehead atoms. The highest BCUT2D eigenvalue weighted by Crippen LogP contribution is 2.08. The summed E-state index contributed by atoms with van der Waals surface area (Å²) in [6.45, 7) is 3.58. The van der Waals surface area contributed by atoms with Crippen LogP contribution in [-0.2, 0) is 16.1 Å². The second-order valence-corrected chi connectivity index (χ2v) is 4.49. The van der Waals surface area contributed by atoms with Crippen LogP contribution in [0.15, 0.2) is 24.3 Å². The molecule has 4 nitrogen and oxygen atoms in total. The van der Waals surface area contributed by atoms with Gasteiger partial charge >= 0.3 is 5.97 Å². The number of nitrogen functional groups attached to an aromatic ring is 1. The highest BCUT2D eigenvalue weighted by Gasteiger charge is 2.08. The van der Waals surface area contributed by atoms with E-state index in [9.17, 15) is 4.79 Å². The number of anilines is 1. The number of ether oxygens (including phenoxy) is 1. The SMILES string of the molecule is CCCCOC(=O)CN(C)Cc1cccc(N)c1. The van der Waals surface area contributed by atoms with Crippen LogP contribution in [0.3, 0.4) is 0 Å². The summed E-state index contributed by atoms with van der Waals surface area (Å²) in [5.41, 5.74) is 7.54. The molecule has 0 heterocycles. The van der Waals surface area contributed by atoms with Crippen molar-refractivity contribution < 1.29 is 9.53 Å². The topological polar surface area (TPSA) is 55.6 Å². The molecule has 0 saturated heterocycles. The number of likely N-dealkylation sites (N-methyl/N-ethyl adjacent to an activating group) is 1. The third-order valence-corrected chi connectivity index (χ3v) is 2.56. The summed E-state index contributed by atoms with van der Waals surface area (Å²) in [6, 6.07) is 7.68. The van der Waals surface area contributed by atoms with Crippen LogP contribution >= 0.6 is 0 Å². The van der Waals surface area contributed by atoms with Gasteiger partial charge in [-0.1, -0.05) is 25.5 Å². The highest BCUT2D eigenvalue weighted by atomic mass is 16.5. The summed E-state index contributed by atoms with van der Waals surface area (Å²) in [7, 11) is 1.89. The average molecular weight is 250 g/mol. The summed E-state index contributed by atoms with van der Waals surface area (Å²) in [5.74, 6) is -0.171. The van der Waals surface area contributed by atoms with Crippen molar-refractivity contribution in [2.75, 3.05) is 25.9 Å².